The summed E-state index contributed by atoms with van der Waals surface area (Å²) < 4.78 is 13.4. The Morgan fingerprint density at radius 2 is 1.95 bits per heavy atom. The topological polar surface area (TPSA) is 41.1 Å². The van der Waals surface area contributed by atoms with Gasteiger partial charge in [-0.25, -0.2) is 4.39 Å². The molecule has 0 atom stereocenters. The van der Waals surface area contributed by atoms with Crippen LogP contribution in [0.5, 0.6) is 0 Å². The summed E-state index contributed by atoms with van der Waals surface area (Å²) in [4.78, 5) is 12.3. The molecular formula is C17H19FN2O. The van der Waals surface area contributed by atoms with Crippen molar-refractivity contribution in [3.05, 3.63) is 59.4 Å². The Balaban J connectivity index is 2.20. The van der Waals surface area contributed by atoms with E-state index < -0.39 is 0 Å². The van der Waals surface area contributed by atoms with Gasteiger partial charge in [-0.2, -0.15) is 0 Å². The number of halogens is 1. The van der Waals surface area contributed by atoms with E-state index in [1.54, 1.807) is 19.1 Å². The Bertz CT molecular complexity index is 620. The monoisotopic (exact) mass is 286 g/mol. The van der Waals surface area contributed by atoms with Gasteiger partial charge in [0.25, 0.3) is 5.91 Å². The Kier molecular flexibility index (Phi) is 4.93. The highest BCUT2D eigenvalue weighted by Gasteiger charge is 2.11. The van der Waals surface area contributed by atoms with Crippen molar-refractivity contribution in [2.75, 3.05) is 17.2 Å². The lowest BCUT2D eigenvalue weighted by atomic mass is 10.1. The maximum atomic E-state index is 13.4. The lowest BCUT2D eigenvalue weighted by Crippen LogP contribution is -2.15. The number of nitrogens with one attached hydrogen (secondary N) is 2. The molecule has 4 heteroatoms. The first-order valence-corrected chi connectivity index (χ1v) is 7.01. The standard InChI is InChI=1S/C17H19FN2O/c1-3-8-19-16-7-5-4-6-15(16)17(21)20-14-10-12(2)9-13(18)11-14/h4-7,9-11,19H,3,8H2,1-2H3,(H,20,21). The van der Waals surface area contributed by atoms with Crippen LogP contribution in [0.4, 0.5) is 15.8 Å². The molecule has 0 saturated carbocycles. The number of carbonyl (C=O) groups excluding carboxylic acids is 1. The zero-order valence-corrected chi connectivity index (χ0v) is 12.2. The highest BCUT2D eigenvalue weighted by atomic mass is 19.1. The normalized spacial score (nSPS) is 10.2. The molecule has 0 aromatic heterocycles. The number of carbonyl (C=O) groups is 1. The van der Waals surface area contributed by atoms with E-state index in [9.17, 15) is 9.18 Å². The Morgan fingerprint density at radius 1 is 1.19 bits per heavy atom. The van der Waals surface area contributed by atoms with Gasteiger partial charge in [-0.1, -0.05) is 19.1 Å². The molecule has 0 spiro atoms. The smallest absolute Gasteiger partial charge is 0.257 e. The van der Waals surface area contributed by atoms with Gasteiger partial charge in [-0.3, -0.25) is 4.79 Å². The van der Waals surface area contributed by atoms with E-state index in [2.05, 4.69) is 17.6 Å². The molecule has 0 aliphatic rings. The first kappa shape index (κ1) is 15.0. The predicted octanol–water partition coefficient (Wildman–Crippen LogP) is 4.21. The van der Waals surface area contributed by atoms with Crippen LogP contribution < -0.4 is 10.6 Å². The van der Waals surface area contributed by atoms with Crippen LogP contribution in [-0.4, -0.2) is 12.5 Å². The third-order valence-electron chi connectivity index (χ3n) is 3.04. The van der Waals surface area contributed by atoms with Crippen LogP contribution in [0.25, 0.3) is 0 Å². The maximum Gasteiger partial charge on any atom is 0.257 e. The fourth-order valence-corrected chi connectivity index (χ4v) is 2.10. The molecule has 0 bridgehead atoms. The van der Waals surface area contributed by atoms with Gasteiger partial charge in [0.15, 0.2) is 0 Å². The lowest BCUT2D eigenvalue weighted by molar-refractivity contribution is 0.102. The van der Waals surface area contributed by atoms with Crippen molar-refractivity contribution in [1.29, 1.82) is 0 Å². The van der Waals surface area contributed by atoms with Gasteiger partial charge in [0.2, 0.25) is 0 Å². The zero-order chi connectivity index (χ0) is 15.2. The minimum absolute atomic E-state index is 0.251. The average molecular weight is 286 g/mol. The Morgan fingerprint density at radius 3 is 2.67 bits per heavy atom. The predicted molar refractivity (Wildman–Crippen MR) is 84.3 cm³/mol. The summed E-state index contributed by atoms with van der Waals surface area (Å²) in [6, 6.07) is 11.8. The number of anilines is 2. The van der Waals surface area contributed by atoms with Crippen molar-refractivity contribution in [2.24, 2.45) is 0 Å². The SMILES string of the molecule is CCCNc1ccccc1C(=O)Nc1cc(C)cc(F)c1. The number of amides is 1. The molecule has 2 N–H and O–H groups in total. The third-order valence-corrected chi connectivity index (χ3v) is 3.04. The molecule has 3 nitrogen and oxygen atoms in total. The number of aryl methyl sites for hydroxylation is 1. The molecule has 0 aliphatic heterocycles. The zero-order valence-electron chi connectivity index (χ0n) is 12.2. The molecular weight excluding hydrogens is 267 g/mol. The summed E-state index contributed by atoms with van der Waals surface area (Å²) in [7, 11) is 0. The molecule has 2 aromatic carbocycles. The van der Waals surface area contributed by atoms with E-state index in [4.69, 9.17) is 0 Å². The van der Waals surface area contributed by atoms with Gasteiger partial charge in [0, 0.05) is 17.9 Å². The number of rotatable bonds is 5. The fraction of sp³-hybridized carbons (Fsp3) is 0.235. The van der Waals surface area contributed by atoms with E-state index in [0.717, 1.165) is 24.2 Å². The quantitative estimate of drug-likeness (QED) is 0.864. The number of hydrogen-bond acceptors (Lipinski definition) is 2. The summed E-state index contributed by atoms with van der Waals surface area (Å²) in [6.07, 6.45) is 0.971. The molecule has 0 unspecified atom stereocenters. The van der Waals surface area contributed by atoms with E-state index in [1.165, 1.54) is 12.1 Å². The number of para-hydroxylation sites is 1. The van der Waals surface area contributed by atoms with Crippen molar-refractivity contribution in [2.45, 2.75) is 20.3 Å². The molecule has 0 aliphatic carbocycles. The van der Waals surface area contributed by atoms with Gasteiger partial charge >= 0.3 is 0 Å². The summed E-state index contributed by atoms with van der Waals surface area (Å²) in [6.45, 7) is 4.64. The van der Waals surface area contributed by atoms with Crippen molar-refractivity contribution < 1.29 is 9.18 Å². The molecule has 110 valence electrons. The van der Waals surface area contributed by atoms with Crippen molar-refractivity contribution >= 4 is 17.3 Å². The lowest BCUT2D eigenvalue weighted by Gasteiger charge is -2.12. The second-order valence-corrected chi connectivity index (χ2v) is 4.94. The molecule has 21 heavy (non-hydrogen) atoms. The van der Waals surface area contributed by atoms with Crippen LogP contribution in [0.3, 0.4) is 0 Å². The molecule has 0 saturated heterocycles. The first-order chi connectivity index (χ1) is 10.1. The molecule has 2 rings (SSSR count). The summed E-state index contributed by atoms with van der Waals surface area (Å²) in [5.41, 5.74) is 2.56. The van der Waals surface area contributed by atoms with Crippen LogP contribution in [0.2, 0.25) is 0 Å². The highest BCUT2D eigenvalue weighted by molar-refractivity contribution is 6.08. The average Bonchev–Trinajstić information content (AvgIpc) is 2.44. The van der Waals surface area contributed by atoms with Crippen LogP contribution in [0, 0.1) is 12.7 Å². The van der Waals surface area contributed by atoms with E-state index >= 15 is 0 Å². The summed E-state index contributed by atoms with van der Waals surface area (Å²) >= 11 is 0. The van der Waals surface area contributed by atoms with Crippen LogP contribution >= 0.6 is 0 Å². The molecule has 0 heterocycles. The van der Waals surface area contributed by atoms with Gasteiger partial charge in [-0.05, 0) is 49.2 Å². The largest absolute Gasteiger partial charge is 0.384 e. The minimum Gasteiger partial charge on any atom is -0.384 e. The summed E-state index contributed by atoms with van der Waals surface area (Å²) in [5, 5.41) is 5.96. The Hall–Kier alpha value is -2.36. The van der Waals surface area contributed by atoms with Crippen LogP contribution in [-0.2, 0) is 0 Å². The van der Waals surface area contributed by atoms with Crippen molar-refractivity contribution in [3.8, 4) is 0 Å². The minimum atomic E-state index is -0.359. The fourth-order valence-electron chi connectivity index (χ4n) is 2.10. The maximum absolute atomic E-state index is 13.4. The van der Waals surface area contributed by atoms with Crippen molar-refractivity contribution in [3.63, 3.8) is 0 Å². The van der Waals surface area contributed by atoms with Gasteiger partial charge in [-0.15, -0.1) is 0 Å². The molecule has 1 amide bonds. The molecule has 0 radical (unpaired) electrons. The second kappa shape index (κ2) is 6.88. The van der Waals surface area contributed by atoms with Gasteiger partial charge < -0.3 is 10.6 Å². The first-order valence-electron chi connectivity index (χ1n) is 7.01. The van der Waals surface area contributed by atoms with Gasteiger partial charge in [0.05, 0.1) is 5.56 Å². The van der Waals surface area contributed by atoms with Crippen molar-refractivity contribution in [1.82, 2.24) is 0 Å². The Labute approximate surface area is 124 Å². The number of hydrogen-bond donors (Lipinski definition) is 2. The van der Waals surface area contributed by atoms with Crippen LogP contribution in [0.15, 0.2) is 42.5 Å². The number of benzene rings is 2. The molecule has 2 aromatic rings. The third kappa shape index (κ3) is 4.05. The van der Waals surface area contributed by atoms with Crippen LogP contribution in [0.1, 0.15) is 29.3 Å². The highest BCUT2D eigenvalue weighted by Crippen LogP contribution is 2.19. The van der Waals surface area contributed by atoms with E-state index in [0.29, 0.717) is 11.3 Å². The van der Waals surface area contributed by atoms with Gasteiger partial charge in [0.1, 0.15) is 5.82 Å². The second-order valence-electron chi connectivity index (χ2n) is 4.94. The van der Waals surface area contributed by atoms with E-state index in [-0.39, 0.29) is 11.7 Å². The molecule has 0 fully saturated rings. The summed E-state index contributed by atoms with van der Waals surface area (Å²) in [5.74, 6) is -0.609. The van der Waals surface area contributed by atoms with E-state index in [1.807, 2.05) is 18.2 Å².